The third-order valence-electron chi connectivity index (χ3n) is 14.6. The summed E-state index contributed by atoms with van der Waals surface area (Å²) in [5, 5.41) is 22.7. The summed E-state index contributed by atoms with van der Waals surface area (Å²) in [6, 6.07) is 0. The Morgan fingerprint density at radius 3 is 2.24 bits per heavy atom. The van der Waals surface area contributed by atoms with Gasteiger partial charge in [-0.25, -0.2) is 0 Å². The first-order valence-electron chi connectivity index (χ1n) is 16.8. The highest BCUT2D eigenvalue weighted by Gasteiger charge is 2.68. The number of hydrogen-bond acceptors (Lipinski definition) is 2. The van der Waals surface area contributed by atoms with Gasteiger partial charge in [0, 0.05) is 5.41 Å². The number of rotatable bonds is 4. The van der Waals surface area contributed by atoms with E-state index in [9.17, 15) is 10.2 Å². The molecule has 0 heterocycles. The van der Waals surface area contributed by atoms with Crippen LogP contribution in [-0.4, -0.2) is 22.4 Å². The van der Waals surface area contributed by atoms with Gasteiger partial charge in [-0.3, -0.25) is 0 Å². The molecule has 0 amide bonds. The Bertz CT molecular complexity index is 899. The number of allylic oxidation sites excluding steroid dienone is 1. The van der Waals surface area contributed by atoms with Crippen LogP contribution in [0.15, 0.2) is 11.1 Å². The van der Waals surface area contributed by atoms with E-state index in [-0.39, 0.29) is 10.8 Å². The minimum Gasteiger partial charge on any atom is -0.389 e. The van der Waals surface area contributed by atoms with Gasteiger partial charge in [-0.2, -0.15) is 0 Å². The summed E-state index contributed by atoms with van der Waals surface area (Å²) >= 11 is 0. The van der Waals surface area contributed by atoms with Gasteiger partial charge in [0.25, 0.3) is 0 Å². The molecule has 218 valence electrons. The van der Waals surface area contributed by atoms with E-state index in [0.717, 1.165) is 47.5 Å². The van der Waals surface area contributed by atoms with Crippen LogP contribution in [-0.2, 0) is 0 Å². The molecule has 0 aromatic carbocycles. The summed E-state index contributed by atoms with van der Waals surface area (Å²) in [5.41, 5.74) is 2.37. The quantitative estimate of drug-likeness (QED) is 0.359. The fourth-order valence-electron chi connectivity index (χ4n) is 13.0. The molecule has 38 heavy (non-hydrogen) atoms. The zero-order valence-electron chi connectivity index (χ0n) is 26.5. The van der Waals surface area contributed by atoms with Crippen LogP contribution in [0.5, 0.6) is 0 Å². The van der Waals surface area contributed by atoms with Crippen molar-refractivity contribution in [2.45, 2.75) is 145 Å². The summed E-state index contributed by atoms with van der Waals surface area (Å²) in [6.45, 7) is 21.9. The minimum absolute atomic E-state index is 0.0667. The molecular weight excluding hydrogens is 464 g/mol. The molecule has 4 saturated carbocycles. The van der Waals surface area contributed by atoms with Gasteiger partial charge in [-0.15, -0.1) is 0 Å². The predicted octanol–water partition coefficient (Wildman–Crippen LogP) is 9.05. The molecular formula is C36H62O2. The molecule has 0 spiro atoms. The van der Waals surface area contributed by atoms with Crippen molar-refractivity contribution in [1.82, 2.24) is 0 Å². The van der Waals surface area contributed by atoms with E-state index < -0.39 is 12.2 Å². The number of aliphatic hydroxyl groups is 2. The SMILES string of the molecule is CC1=C(C(C)O)C(O)C2(C)C(C)C3C(C)C4C(C)CCC(CC(C)C5CCCCC5)C4CC3(C)CC2(C)C1. The molecule has 5 aliphatic rings. The molecule has 2 N–H and O–H groups in total. The number of aliphatic hydroxyl groups excluding tert-OH is 2. The van der Waals surface area contributed by atoms with Crippen molar-refractivity contribution in [2.75, 3.05) is 0 Å². The molecule has 4 fully saturated rings. The van der Waals surface area contributed by atoms with Crippen LogP contribution in [0.1, 0.15) is 133 Å². The zero-order chi connectivity index (χ0) is 27.8. The Morgan fingerprint density at radius 1 is 0.947 bits per heavy atom. The van der Waals surface area contributed by atoms with Crippen molar-refractivity contribution in [1.29, 1.82) is 0 Å². The zero-order valence-corrected chi connectivity index (χ0v) is 26.5. The lowest BCUT2D eigenvalue weighted by atomic mass is 9.34. The van der Waals surface area contributed by atoms with Crippen molar-refractivity contribution >= 4 is 0 Å². The van der Waals surface area contributed by atoms with E-state index in [4.69, 9.17) is 0 Å². The molecule has 0 aliphatic heterocycles. The van der Waals surface area contributed by atoms with Gasteiger partial charge in [0.1, 0.15) is 0 Å². The van der Waals surface area contributed by atoms with Crippen molar-refractivity contribution in [3.63, 3.8) is 0 Å². The molecule has 0 radical (unpaired) electrons. The fraction of sp³-hybridized carbons (Fsp3) is 0.944. The maximum Gasteiger partial charge on any atom is 0.0838 e. The van der Waals surface area contributed by atoms with Gasteiger partial charge in [0.15, 0.2) is 0 Å². The summed E-state index contributed by atoms with van der Waals surface area (Å²) in [4.78, 5) is 0. The predicted molar refractivity (Wildman–Crippen MR) is 160 cm³/mol. The first-order chi connectivity index (χ1) is 17.7. The average Bonchev–Trinajstić information content (AvgIpc) is 2.83. The van der Waals surface area contributed by atoms with E-state index in [0.29, 0.717) is 23.2 Å². The molecule has 0 aromatic heterocycles. The summed E-state index contributed by atoms with van der Waals surface area (Å²) in [6.07, 6.45) is 14.2. The number of fused-ring (bicyclic) bond motifs is 3. The van der Waals surface area contributed by atoms with Gasteiger partial charge in [-0.05, 0) is 116 Å². The Morgan fingerprint density at radius 2 is 1.61 bits per heavy atom. The van der Waals surface area contributed by atoms with Crippen LogP contribution in [0.3, 0.4) is 0 Å². The third-order valence-corrected chi connectivity index (χ3v) is 14.6. The minimum atomic E-state index is -0.565. The highest BCUT2D eigenvalue weighted by atomic mass is 16.3. The summed E-state index contributed by atoms with van der Waals surface area (Å²) in [5.74, 6) is 7.07. The summed E-state index contributed by atoms with van der Waals surface area (Å²) < 4.78 is 0. The largest absolute Gasteiger partial charge is 0.389 e. The molecule has 0 bridgehead atoms. The van der Waals surface area contributed by atoms with E-state index in [1.807, 2.05) is 6.92 Å². The van der Waals surface area contributed by atoms with Crippen LogP contribution in [0, 0.1) is 69.5 Å². The van der Waals surface area contributed by atoms with E-state index in [2.05, 4.69) is 55.4 Å². The number of hydrogen-bond donors (Lipinski definition) is 2. The van der Waals surface area contributed by atoms with Crippen LogP contribution in [0.25, 0.3) is 0 Å². The van der Waals surface area contributed by atoms with E-state index >= 15 is 0 Å². The molecule has 13 atom stereocenters. The van der Waals surface area contributed by atoms with Crippen molar-refractivity contribution in [3.8, 4) is 0 Å². The maximum absolute atomic E-state index is 12.0. The molecule has 0 aromatic rings. The second kappa shape index (κ2) is 10.2. The molecule has 0 saturated heterocycles. The summed E-state index contributed by atoms with van der Waals surface area (Å²) in [7, 11) is 0. The Kier molecular flexibility index (Phi) is 7.82. The molecule has 13 unspecified atom stereocenters. The Balaban J connectivity index is 1.47. The van der Waals surface area contributed by atoms with Crippen molar-refractivity contribution in [2.24, 2.45) is 69.5 Å². The molecule has 2 heteroatoms. The first-order valence-corrected chi connectivity index (χ1v) is 16.8. The van der Waals surface area contributed by atoms with Gasteiger partial charge >= 0.3 is 0 Å². The van der Waals surface area contributed by atoms with Crippen LogP contribution in [0.4, 0.5) is 0 Å². The Labute approximate surface area is 235 Å². The highest BCUT2D eigenvalue weighted by Crippen LogP contribution is 2.73. The fourth-order valence-corrected chi connectivity index (χ4v) is 13.0. The lowest BCUT2D eigenvalue weighted by Gasteiger charge is -2.71. The van der Waals surface area contributed by atoms with E-state index in [1.54, 1.807) is 0 Å². The second-order valence-electron chi connectivity index (χ2n) is 16.7. The first kappa shape index (κ1) is 29.2. The smallest absolute Gasteiger partial charge is 0.0838 e. The standard InChI is InChI=1S/C36H62O2/c1-21-15-16-28(17-22(2)27-13-11-10-12-14-27)29-19-34(7)20-35(8)18-23(3)31(26(6)37)33(38)36(35,9)25(5)32(34)24(4)30(21)29/h21-22,24-30,32-33,37-38H,10-20H2,1-9H3. The van der Waals surface area contributed by atoms with Gasteiger partial charge in [0.2, 0.25) is 0 Å². The topological polar surface area (TPSA) is 40.5 Å². The van der Waals surface area contributed by atoms with Crippen LogP contribution >= 0.6 is 0 Å². The van der Waals surface area contributed by atoms with Gasteiger partial charge < -0.3 is 10.2 Å². The van der Waals surface area contributed by atoms with Gasteiger partial charge in [-0.1, -0.05) is 92.6 Å². The van der Waals surface area contributed by atoms with Crippen LogP contribution < -0.4 is 0 Å². The highest BCUT2D eigenvalue weighted by molar-refractivity contribution is 5.33. The lowest BCUT2D eigenvalue weighted by molar-refractivity contribution is -0.229. The average molecular weight is 527 g/mol. The van der Waals surface area contributed by atoms with Crippen LogP contribution in [0.2, 0.25) is 0 Å². The third kappa shape index (κ3) is 4.31. The molecule has 5 aliphatic carbocycles. The van der Waals surface area contributed by atoms with Gasteiger partial charge in [0.05, 0.1) is 12.2 Å². The maximum atomic E-state index is 12.0. The van der Waals surface area contributed by atoms with Crippen molar-refractivity contribution in [3.05, 3.63) is 11.1 Å². The second-order valence-corrected chi connectivity index (χ2v) is 16.7. The lowest BCUT2D eigenvalue weighted by Crippen LogP contribution is -2.67. The monoisotopic (exact) mass is 526 g/mol. The van der Waals surface area contributed by atoms with Crippen molar-refractivity contribution < 1.29 is 10.2 Å². The normalized spacial score (nSPS) is 51.6. The molecule has 5 rings (SSSR count). The molecule has 2 nitrogen and oxygen atoms in total. The Hall–Kier alpha value is -0.340. The van der Waals surface area contributed by atoms with E-state index in [1.165, 1.54) is 69.8 Å².